The molecule has 2 heterocycles. The lowest BCUT2D eigenvalue weighted by molar-refractivity contribution is -0.384. The van der Waals surface area contributed by atoms with Gasteiger partial charge in [-0.3, -0.25) is 14.8 Å². The van der Waals surface area contributed by atoms with Crippen molar-refractivity contribution in [2.75, 3.05) is 5.32 Å². The number of nitro groups is 1. The quantitative estimate of drug-likeness (QED) is 0.643. The number of aryl methyl sites for hydroxylation is 2. The Morgan fingerprint density at radius 2 is 2.30 bits per heavy atom. The van der Waals surface area contributed by atoms with E-state index in [1.54, 1.807) is 22.5 Å². The lowest BCUT2D eigenvalue weighted by atomic mass is 10.3. The Labute approximate surface area is 116 Å². The first-order valence-corrected chi connectivity index (χ1v) is 6.48. The largest absolute Gasteiger partial charge is 0.360 e. The molecule has 0 radical (unpaired) electrons. The molecule has 0 bridgehead atoms. The molecule has 0 saturated heterocycles. The molecule has 8 nitrogen and oxygen atoms in total. The fourth-order valence-corrected chi connectivity index (χ4v) is 2.13. The van der Waals surface area contributed by atoms with Gasteiger partial charge in [0.25, 0.3) is 0 Å². The Bertz CT molecular complexity index is 589. The molecular formula is C12H18N6O2. The molecule has 0 aliphatic heterocycles. The van der Waals surface area contributed by atoms with Crippen LogP contribution in [0, 0.1) is 17.0 Å². The van der Waals surface area contributed by atoms with Crippen molar-refractivity contribution in [2.45, 2.75) is 39.9 Å². The first-order chi connectivity index (χ1) is 9.52. The second-order valence-corrected chi connectivity index (χ2v) is 4.63. The third-order valence-electron chi connectivity index (χ3n) is 2.98. The Balaban J connectivity index is 2.21. The van der Waals surface area contributed by atoms with E-state index in [2.05, 4.69) is 15.5 Å². The topological polar surface area (TPSA) is 90.8 Å². The number of nitrogens with zero attached hydrogens (tertiary/aromatic N) is 5. The maximum Gasteiger partial charge on any atom is 0.333 e. The van der Waals surface area contributed by atoms with E-state index in [4.69, 9.17) is 0 Å². The van der Waals surface area contributed by atoms with Crippen molar-refractivity contribution in [1.29, 1.82) is 0 Å². The lowest BCUT2D eigenvalue weighted by Crippen LogP contribution is -2.24. The Morgan fingerprint density at radius 3 is 2.85 bits per heavy atom. The smallest absolute Gasteiger partial charge is 0.333 e. The van der Waals surface area contributed by atoms with Crippen LogP contribution < -0.4 is 5.32 Å². The molecule has 8 heteroatoms. The van der Waals surface area contributed by atoms with E-state index in [-0.39, 0.29) is 11.7 Å². The molecule has 1 unspecified atom stereocenters. The molecule has 0 aliphatic carbocycles. The molecule has 0 saturated carbocycles. The van der Waals surface area contributed by atoms with Crippen LogP contribution in [0.15, 0.2) is 18.5 Å². The number of anilines is 1. The second-order valence-electron chi connectivity index (χ2n) is 4.63. The molecule has 0 fully saturated rings. The average Bonchev–Trinajstić information content (AvgIpc) is 2.97. The van der Waals surface area contributed by atoms with Crippen molar-refractivity contribution < 1.29 is 4.92 Å². The van der Waals surface area contributed by atoms with Gasteiger partial charge in [0.1, 0.15) is 5.69 Å². The van der Waals surface area contributed by atoms with Gasteiger partial charge in [-0.1, -0.05) is 0 Å². The maximum absolute atomic E-state index is 11.2. The minimum absolute atomic E-state index is 0.00463. The molecule has 2 aromatic rings. The summed E-state index contributed by atoms with van der Waals surface area (Å²) in [6.45, 7) is 6.70. The van der Waals surface area contributed by atoms with Gasteiger partial charge in [0, 0.05) is 25.0 Å². The molecule has 108 valence electrons. The van der Waals surface area contributed by atoms with E-state index in [0.717, 1.165) is 0 Å². The van der Waals surface area contributed by atoms with Gasteiger partial charge in [-0.15, -0.1) is 0 Å². The molecule has 2 rings (SSSR count). The predicted molar refractivity (Wildman–Crippen MR) is 74.6 cm³/mol. The zero-order chi connectivity index (χ0) is 14.7. The standard InChI is InChI=1S/C12H18N6O2/c1-4-17-12(11(18(19)20)10(3)15-17)14-9(2)8-16-7-5-6-13-16/h5-7,9,14H,4,8H2,1-3H3. The SMILES string of the molecule is CCn1nc(C)c([N+](=O)[O-])c1NC(C)Cn1cccn1. The number of hydrogen-bond donors (Lipinski definition) is 1. The summed E-state index contributed by atoms with van der Waals surface area (Å²) in [5.41, 5.74) is 0.463. The zero-order valence-electron chi connectivity index (χ0n) is 11.8. The van der Waals surface area contributed by atoms with E-state index in [9.17, 15) is 10.1 Å². The molecule has 0 aliphatic rings. The highest BCUT2D eigenvalue weighted by atomic mass is 16.6. The Kier molecular flexibility index (Phi) is 4.02. The third kappa shape index (κ3) is 2.79. The summed E-state index contributed by atoms with van der Waals surface area (Å²) in [6, 6.07) is 1.84. The van der Waals surface area contributed by atoms with Crippen LogP contribution in [-0.2, 0) is 13.1 Å². The summed E-state index contributed by atoms with van der Waals surface area (Å²) in [5.74, 6) is 0.453. The summed E-state index contributed by atoms with van der Waals surface area (Å²) in [4.78, 5) is 10.8. The molecule has 0 spiro atoms. The van der Waals surface area contributed by atoms with Crippen LogP contribution in [0.2, 0.25) is 0 Å². The van der Waals surface area contributed by atoms with Crippen LogP contribution in [0.4, 0.5) is 11.5 Å². The van der Waals surface area contributed by atoms with E-state index in [1.165, 1.54) is 0 Å². The van der Waals surface area contributed by atoms with Gasteiger partial charge in [-0.05, 0) is 26.8 Å². The Hall–Kier alpha value is -2.38. The van der Waals surface area contributed by atoms with Gasteiger partial charge in [0.2, 0.25) is 5.82 Å². The minimum Gasteiger partial charge on any atom is -0.360 e. The van der Waals surface area contributed by atoms with Gasteiger partial charge < -0.3 is 5.32 Å². The van der Waals surface area contributed by atoms with Gasteiger partial charge in [0.05, 0.1) is 11.5 Å². The highest BCUT2D eigenvalue weighted by molar-refractivity contribution is 5.59. The van der Waals surface area contributed by atoms with Crippen molar-refractivity contribution in [3.63, 3.8) is 0 Å². The van der Waals surface area contributed by atoms with E-state index >= 15 is 0 Å². The van der Waals surface area contributed by atoms with Crippen molar-refractivity contribution in [2.24, 2.45) is 0 Å². The minimum atomic E-state index is -0.391. The zero-order valence-corrected chi connectivity index (χ0v) is 11.8. The summed E-state index contributed by atoms with van der Waals surface area (Å²) in [5, 5.41) is 22.6. The lowest BCUT2D eigenvalue weighted by Gasteiger charge is -2.15. The van der Waals surface area contributed by atoms with Crippen molar-refractivity contribution >= 4 is 11.5 Å². The van der Waals surface area contributed by atoms with Gasteiger partial charge in [-0.25, -0.2) is 4.68 Å². The van der Waals surface area contributed by atoms with Crippen LogP contribution in [0.25, 0.3) is 0 Å². The van der Waals surface area contributed by atoms with Crippen LogP contribution >= 0.6 is 0 Å². The van der Waals surface area contributed by atoms with Crippen LogP contribution in [0.3, 0.4) is 0 Å². The van der Waals surface area contributed by atoms with Crippen molar-refractivity contribution in [3.05, 3.63) is 34.3 Å². The van der Waals surface area contributed by atoms with Crippen LogP contribution in [-0.4, -0.2) is 30.5 Å². The van der Waals surface area contributed by atoms with Crippen molar-refractivity contribution in [1.82, 2.24) is 19.6 Å². The number of nitrogens with one attached hydrogen (secondary N) is 1. The third-order valence-corrected chi connectivity index (χ3v) is 2.98. The predicted octanol–water partition coefficient (Wildman–Crippen LogP) is 1.82. The molecule has 0 aromatic carbocycles. The second kappa shape index (κ2) is 5.72. The van der Waals surface area contributed by atoms with Crippen molar-refractivity contribution in [3.8, 4) is 0 Å². The first-order valence-electron chi connectivity index (χ1n) is 6.48. The number of aromatic nitrogens is 4. The molecule has 1 atom stereocenters. The van der Waals surface area contributed by atoms with Gasteiger partial charge >= 0.3 is 5.69 Å². The number of rotatable bonds is 6. The van der Waals surface area contributed by atoms with Crippen LogP contribution in [0.5, 0.6) is 0 Å². The first kappa shape index (κ1) is 14.0. The summed E-state index contributed by atoms with van der Waals surface area (Å²) in [7, 11) is 0. The summed E-state index contributed by atoms with van der Waals surface area (Å²) in [6.07, 6.45) is 3.56. The molecule has 1 N–H and O–H groups in total. The fraction of sp³-hybridized carbons (Fsp3) is 0.500. The van der Waals surface area contributed by atoms with E-state index in [1.807, 2.05) is 26.1 Å². The normalized spacial score (nSPS) is 12.3. The van der Waals surface area contributed by atoms with Crippen LogP contribution in [0.1, 0.15) is 19.5 Å². The fourth-order valence-electron chi connectivity index (χ4n) is 2.13. The highest BCUT2D eigenvalue weighted by Gasteiger charge is 2.25. The number of hydrogen-bond acceptors (Lipinski definition) is 5. The average molecular weight is 278 g/mol. The highest BCUT2D eigenvalue weighted by Crippen LogP contribution is 2.28. The molecule has 2 aromatic heterocycles. The van der Waals surface area contributed by atoms with E-state index in [0.29, 0.717) is 24.6 Å². The van der Waals surface area contributed by atoms with Gasteiger partial charge in [-0.2, -0.15) is 10.2 Å². The summed E-state index contributed by atoms with van der Waals surface area (Å²) >= 11 is 0. The molecule has 0 amide bonds. The van der Waals surface area contributed by atoms with E-state index < -0.39 is 4.92 Å². The summed E-state index contributed by atoms with van der Waals surface area (Å²) < 4.78 is 3.40. The van der Waals surface area contributed by atoms with Gasteiger partial charge in [0.15, 0.2) is 0 Å². The Morgan fingerprint density at radius 1 is 1.55 bits per heavy atom. The maximum atomic E-state index is 11.2. The molecule has 20 heavy (non-hydrogen) atoms. The monoisotopic (exact) mass is 278 g/mol. The molecular weight excluding hydrogens is 260 g/mol.